The highest BCUT2D eigenvalue weighted by Crippen LogP contribution is 2.23. The zero-order valence-electron chi connectivity index (χ0n) is 14.8. The van der Waals surface area contributed by atoms with Crippen molar-refractivity contribution >= 4 is 25.8 Å². The molecule has 1 saturated heterocycles. The Hall–Kier alpha value is -1.45. The normalized spacial score (nSPS) is 18.7. The average Bonchev–Trinajstić information content (AvgIpc) is 3.10. The molecule has 1 atom stereocenters. The molecule has 1 aromatic carbocycles. The van der Waals surface area contributed by atoms with Crippen LogP contribution in [0.3, 0.4) is 0 Å². The second-order valence-corrected chi connectivity index (χ2v) is 10.4. The fourth-order valence-electron chi connectivity index (χ4n) is 2.95. The summed E-state index contributed by atoms with van der Waals surface area (Å²) in [6, 6.07) is 7.29. The van der Waals surface area contributed by atoms with Gasteiger partial charge in [-0.2, -0.15) is 4.31 Å². The fourth-order valence-corrected chi connectivity index (χ4v) is 5.99. The van der Waals surface area contributed by atoms with Gasteiger partial charge in [0.25, 0.3) is 0 Å². The summed E-state index contributed by atoms with van der Waals surface area (Å²) in [5, 5.41) is 0. The molecule has 1 aromatic rings. The number of nitrogens with zero attached hydrogens (tertiary/aromatic N) is 1. The predicted octanol–water partition coefficient (Wildman–Crippen LogP) is 1.60. The fraction of sp³-hybridized carbons (Fsp3) is 0.588. The number of carbonyl (C=O) groups excluding carboxylic acids is 1. The van der Waals surface area contributed by atoms with Gasteiger partial charge in [0.2, 0.25) is 10.0 Å². The maximum absolute atomic E-state index is 12.2. The second-order valence-electron chi connectivity index (χ2n) is 6.24. The quantitative estimate of drug-likeness (QED) is 0.459. The van der Waals surface area contributed by atoms with Crippen LogP contribution < -0.4 is 0 Å². The van der Waals surface area contributed by atoms with Gasteiger partial charge in [0.05, 0.1) is 23.0 Å². The molecule has 1 aliphatic heterocycles. The van der Waals surface area contributed by atoms with Crippen LogP contribution in [-0.2, 0) is 29.4 Å². The Bertz CT molecular complexity index is 805. The van der Waals surface area contributed by atoms with Crippen LogP contribution in [0, 0.1) is 0 Å². The van der Waals surface area contributed by atoms with E-state index >= 15 is 0 Å². The van der Waals surface area contributed by atoms with Gasteiger partial charge in [-0.05, 0) is 37.8 Å². The first-order valence-corrected chi connectivity index (χ1v) is 12.0. The zero-order valence-corrected chi connectivity index (χ0v) is 16.5. The standard InChI is InChI=1S/C17H25NO6S2/c1-2-13-26(22,23)18-11-6-10-16(18)17(19)24-12-7-14-25(20,21)15-8-4-3-5-9-15/h3-5,8-9,16H,2,6-7,10-14H2,1H3. The Balaban J connectivity index is 1.85. The van der Waals surface area contributed by atoms with Crippen molar-refractivity contribution in [2.24, 2.45) is 0 Å². The molecule has 7 nitrogen and oxygen atoms in total. The number of ether oxygens (including phenoxy) is 1. The van der Waals surface area contributed by atoms with Crippen LogP contribution in [0.4, 0.5) is 0 Å². The lowest BCUT2D eigenvalue weighted by molar-refractivity contribution is -0.147. The van der Waals surface area contributed by atoms with E-state index in [4.69, 9.17) is 4.74 Å². The van der Waals surface area contributed by atoms with Crippen molar-refractivity contribution < 1.29 is 26.4 Å². The molecule has 0 spiro atoms. The smallest absolute Gasteiger partial charge is 0.324 e. The molecule has 0 bridgehead atoms. The lowest BCUT2D eigenvalue weighted by Gasteiger charge is -2.22. The lowest BCUT2D eigenvalue weighted by atomic mass is 10.2. The van der Waals surface area contributed by atoms with Gasteiger partial charge in [0.1, 0.15) is 6.04 Å². The van der Waals surface area contributed by atoms with E-state index in [2.05, 4.69) is 0 Å². The SMILES string of the molecule is CCCS(=O)(=O)N1CCCC1C(=O)OCCCS(=O)(=O)c1ccccc1. The molecule has 1 aliphatic rings. The first-order chi connectivity index (χ1) is 12.3. The molecule has 0 aliphatic carbocycles. The van der Waals surface area contributed by atoms with Gasteiger partial charge in [-0.3, -0.25) is 4.79 Å². The molecule has 0 radical (unpaired) electrons. The van der Waals surface area contributed by atoms with Crippen LogP contribution in [0.5, 0.6) is 0 Å². The van der Waals surface area contributed by atoms with Gasteiger partial charge < -0.3 is 4.74 Å². The number of hydrogen-bond acceptors (Lipinski definition) is 6. The van der Waals surface area contributed by atoms with E-state index in [0.29, 0.717) is 25.8 Å². The van der Waals surface area contributed by atoms with Gasteiger partial charge in [-0.15, -0.1) is 0 Å². The Morgan fingerprint density at radius 1 is 1.15 bits per heavy atom. The van der Waals surface area contributed by atoms with E-state index in [9.17, 15) is 21.6 Å². The van der Waals surface area contributed by atoms with E-state index in [1.165, 1.54) is 16.4 Å². The molecule has 1 unspecified atom stereocenters. The van der Waals surface area contributed by atoms with E-state index in [1.807, 2.05) is 0 Å². The molecule has 1 heterocycles. The minimum Gasteiger partial charge on any atom is -0.464 e. The number of benzene rings is 1. The van der Waals surface area contributed by atoms with Crippen LogP contribution >= 0.6 is 0 Å². The van der Waals surface area contributed by atoms with Crippen LogP contribution in [0.25, 0.3) is 0 Å². The Kier molecular flexibility index (Phi) is 7.19. The first kappa shape index (κ1) is 20.9. The average molecular weight is 404 g/mol. The van der Waals surface area contributed by atoms with E-state index in [1.54, 1.807) is 25.1 Å². The summed E-state index contributed by atoms with van der Waals surface area (Å²) >= 11 is 0. The highest BCUT2D eigenvalue weighted by molar-refractivity contribution is 7.91. The number of esters is 1. The molecule has 0 amide bonds. The number of sulfonamides is 1. The maximum atomic E-state index is 12.2. The van der Waals surface area contributed by atoms with Gasteiger partial charge in [-0.1, -0.05) is 25.1 Å². The molecule has 26 heavy (non-hydrogen) atoms. The monoisotopic (exact) mass is 403 g/mol. The van der Waals surface area contributed by atoms with Crippen LogP contribution in [0.1, 0.15) is 32.6 Å². The molecule has 2 rings (SSSR count). The van der Waals surface area contributed by atoms with Gasteiger partial charge in [0.15, 0.2) is 9.84 Å². The molecule has 0 saturated carbocycles. The number of carbonyl (C=O) groups is 1. The summed E-state index contributed by atoms with van der Waals surface area (Å²) < 4.78 is 55.1. The van der Waals surface area contributed by atoms with Crippen molar-refractivity contribution in [1.29, 1.82) is 0 Å². The van der Waals surface area contributed by atoms with Crippen LogP contribution in [0.15, 0.2) is 35.2 Å². The third kappa shape index (κ3) is 5.28. The van der Waals surface area contributed by atoms with Gasteiger partial charge in [0, 0.05) is 6.54 Å². The molecular formula is C17H25NO6S2. The number of sulfone groups is 1. The predicted molar refractivity (Wildman–Crippen MR) is 97.9 cm³/mol. The van der Waals surface area contributed by atoms with Crippen molar-refractivity contribution in [2.75, 3.05) is 24.7 Å². The van der Waals surface area contributed by atoms with Crippen LogP contribution in [0.2, 0.25) is 0 Å². The Morgan fingerprint density at radius 3 is 2.50 bits per heavy atom. The second kappa shape index (κ2) is 8.96. The van der Waals surface area contributed by atoms with Gasteiger partial charge >= 0.3 is 5.97 Å². The molecule has 146 valence electrons. The van der Waals surface area contributed by atoms with Crippen molar-refractivity contribution in [2.45, 2.75) is 43.5 Å². The molecule has 9 heteroatoms. The van der Waals surface area contributed by atoms with Crippen molar-refractivity contribution in [3.05, 3.63) is 30.3 Å². The van der Waals surface area contributed by atoms with Crippen molar-refractivity contribution in [3.8, 4) is 0 Å². The maximum Gasteiger partial charge on any atom is 0.324 e. The third-order valence-corrected chi connectivity index (χ3v) is 8.09. The summed E-state index contributed by atoms with van der Waals surface area (Å²) in [5.41, 5.74) is 0. The van der Waals surface area contributed by atoms with Crippen molar-refractivity contribution in [1.82, 2.24) is 4.31 Å². The lowest BCUT2D eigenvalue weighted by Crippen LogP contribution is -2.42. The largest absolute Gasteiger partial charge is 0.464 e. The van der Waals surface area contributed by atoms with Crippen molar-refractivity contribution in [3.63, 3.8) is 0 Å². The summed E-state index contributed by atoms with van der Waals surface area (Å²) in [4.78, 5) is 12.5. The minimum absolute atomic E-state index is 0.00605. The first-order valence-electron chi connectivity index (χ1n) is 8.72. The summed E-state index contributed by atoms with van der Waals surface area (Å²) in [5.74, 6) is -0.724. The number of hydrogen-bond donors (Lipinski definition) is 0. The summed E-state index contributed by atoms with van der Waals surface area (Å²) in [6.07, 6.45) is 1.70. The zero-order chi connectivity index (χ0) is 19.2. The van der Waals surface area contributed by atoms with Crippen LogP contribution in [-0.4, -0.2) is 57.8 Å². The number of rotatable bonds is 9. The molecule has 0 aromatic heterocycles. The van der Waals surface area contributed by atoms with E-state index < -0.39 is 31.9 Å². The highest BCUT2D eigenvalue weighted by Gasteiger charge is 2.39. The molecule has 0 N–H and O–H groups in total. The van der Waals surface area contributed by atoms with E-state index in [0.717, 1.165) is 0 Å². The minimum atomic E-state index is -3.46. The Labute approximate surface area is 155 Å². The molecular weight excluding hydrogens is 378 g/mol. The molecule has 1 fully saturated rings. The topological polar surface area (TPSA) is 97.8 Å². The van der Waals surface area contributed by atoms with Gasteiger partial charge in [-0.25, -0.2) is 16.8 Å². The third-order valence-electron chi connectivity index (χ3n) is 4.20. The van der Waals surface area contributed by atoms with E-state index in [-0.39, 0.29) is 29.4 Å². The highest BCUT2D eigenvalue weighted by atomic mass is 32.2. The summed E-state index contributed by atoms with van der Waals surface area (Å²) in [7, 11) is -6.87. The Morgan fingerprint density at radius 2 is 1.85 bits per heavy atom. The summed E-state index contributed by atoms with van der Waals surface area (Å²) in [6.45, 7) is 2.04.